The number of piperazine rings is 1. The van der Waals surface area contributed by atoms with E-state index in [1.807, 2.05) is 18.7 Å². The predicted octanol–water partition coefficient (Wildman–Crippen LogP) is 1.90. The summed E-state index contributed by atoms with van der Waals surface area (Å²) in [6, 6.07) is 1.54. The van der Waals surface area contributed by atoms with Gasteiger partial charge in [-0.05, 0) is 18.9 Å². The molecule has 1 amide bonds. The molecule has 37 heavy (non-hydrogen) atoms. The van der Waals surface area contributed by atoms with Crippen LogP contribution >= 0.6 is 11.3 Å². The lowest BCUT2D eigenvalue weighted by atomic mass is 10.1. The summed E-state index contributed by atoms with van der Waals surface area (Å²) in [5.41, 5.74) is 0.264. The minimum absolute atomic E-state index is 0.0572. The minimum Gasteiger partial charge on any atom is -0.394 e. The quantitative estimate of drug-likeness (QED) is 0.431. The zero-order valence-corrected chi connectivity index (χ0v) is 21.9. The van der Waals surface area contributed by atoms with E-state index in [0.717, 1.165) is 0 Å². The van der Waals surface area contributed by atoms with Gasteiger partial charge in [0, 0.05) is 38.3 Å². The van der Waals surface area contributed by atoms with E-state index in [4.69, 9.17) is 0 Å². The number of hydrogen-bond donors (Lipinski definition) is 2. The molecular formula is C22H27F2N7O4S2. The van der Waals surface area contributed by atoms with Crippen molar-refractivity contribution in [1.82, 2.24) is 29.2 Å². The van der Waals surface area contributed by atoms with Gasteiger partial charge in [-0.2, -0.15) is 0 Å². The van der Waals surface area contributed by atoms with Gasteiger partial charge in [-0.25, -0.2) is 26.9 Å². The van der Waals surface area contributed by atoms with Crippen molar-refractivity contribution in [1.29, 1.82) is 0 Å². The number of amides is 1. The van der Waals surface area contributed by atoms with E-state index < -0.39 is 27.0 Å². The fraction of sp³-hybridized carbons (Fsp3) is 0.545. The normalized spacial score (nSPS) is 17.8. The number of aromatic nitrogens is 4. The van der Waals surface area contributed by atoms with Crippen molar-refractivity contribution < 1.29 is 27.1 Å². The number of aliphatic hydroxyl groups is 1. The number of sulfonamides is 1. The Bertz CT molecular complexity index is 1430. The Labute approximate surface area is 216 Å². The summed E-state index contributed by atoms with van der Waals surface area (Å²) in [7, 11) is -4.04. The van der Waals surface area contributed by atoms with Gasteiger partial charge >= 0.3 is 0 Å². The second kappa shape index (κ2) is 9.53. The summed E-state index contributed by atoms with van der Waals surface area (Å²) in [5.74, 6) is 0.123. The number of carbonyl (C=O) groups excluding carboxylic acids is 1. The van der Waals surface area contributed by atoms with Crippen molar-refractivity contribution in [3.63, 3.8) is 0 Å². The second-order valence-corrected chi connectivity index (χ2v) is 12.3. The van der Waals surface area contributed by atoms with Crippen LogP contribution in [0.2, 0.25) is 0 Å². The van der Waals surface area contributed by atoms with Gasteiger partial charge in [-0.3, -0.25) is 9.20 Å². The van der Waals surface area contributed by atoms with Crippen LogP contribution in [-0.2, 0) is 14.8 Å². The summed E-state index contributed by atoms with van der Waals surface area (Å²) in [4.78, 5) is 20.5. The Morgan fingerprint density at radius 3 is 2.49 bits per heavy atom. The Morgan fingerprint density at radius 1 is 1.22 bits per heavy atom. The molecular weight excluding hydrogens is 528 g/mol. The smallest absolute Gasteiger partial charge is 0.291 e. The van der Waals surface area contributed by atoms with Gasteiger partial charge in [0.1, 0.15) is 4.90 Å². The standard InChI is InChI=1S/C22H27F2N7O4S2/c1-13(2)21(33)30-7-5-29(6-8-30)15-9-14(37(34,35)28-22(12-32)3-4-22)11-31-16(15)10-25-18(31)20-27-26-19(36-20)17(23)24/h9-11,13,17,28,32H,3-8,12H2,1-2H3. The van der Waals surface area contributed by atoms with Crippen LogP contribution in [0.15, 0.2) is 23.4 Å². The number of rotatable bonds is 8. The molecule has 2 N–H and O–H groups in total. The van der Waals surface area contributed by atoms with Crippen molar-refractivity contribution in [2.45, 2.75) is 43.5 Å². The first kappa shape index (κ1) is 25.9. The first-order valence-corrected chi connectivity index (χ1v) is 14.2. The monoisotopic (exact) mass is 555 g/mol. The Balaban J connectivity index is 1.57. The molecule has 15 heteroatoms. The van der Waals surface area contributed by atoms with Gasteiger partial charge in [-0.1, -0.05) is 25.2 Å². The predicted molar refractivity (Wildman–Crippen MR) is 132 cm³/mol. The lowest BCUT2D eigenvalue weighted by Crippen LogP contribution is -2.50. The highest BCUT2D eigenvalue weighted by atomic mass is 32.2. The summed E-state index contributed by atoms with van der Waals surface area (Å²) < 4.78 is 57.1. The largest absolute Gasteiger partial charge is 0.394 e. The average molecular weight is 556 g/mol. The first-order chi connectivity index (χ1) is 17.5. The van der Waals surface area contributed by atoms with Gasteiger partial charge in [0.2, 0.25) is 15.9 Å². The average Bonchev–Trinajstić information content (AvgIpc) is 3.26. The molecule has 3 aromatic rings. The molecule has 1 saturated carbocycles. The van der Waals surface area contributed by atoms with Crippen LogP contribution in [0.5, 0.6) is 0 Å². The lowest BCUT2D eigenvalue weighted by Gasteiger charge is -2.37. The van der Waals surface area contributed by atoms with E-state index in [-0.39, 0.29) is 34.2 Å². The molecule has 0 unspecified atom stereocenters. The van der Waals surface area contributed by atoms with Gasteiger partial charge in [0.25, 0.3) is 6.43 Å². The molecule has 1 aliphatic heterocycles. The Morgan fingerprint density at radius 2 is 1.92 bits per heavy atom. The topological polar surface area (TPSA) is 133 Å². The van der Waals surface area contributed by atoms with Gasteiger partial charge < -0.3 is 14.9 Å². The van der Waals surface area contributed by atoms with Crippen LogP contribution in [0.4, 0.5) is 14.5 Å². The third-order valence-electron chi connectivity index (χ3n) is 6.66. The zero-order chi connectivity index (χ0) is 26.5. The van der Waals surface area contributed by atoms with Crippen LogP contribution in [0.1, 0.15) is 38.1 Å². The van der Waals surface area contributed by atoms with Crippen LogP contribution in [0.3, 0.4) is 0 Å². The number of nitrogens with zero attached hydrogens (tertiary/aromatic N) is 6. The van der Waals surface area contributed by atoms with Crippen LogP contribution in [0, 0.1) is 5.92 Å². The van der Waals surface area contributed by atoms with Crippen molar-refractivity contribution in [2.75, 3.05) is 37.7 Å². The summed E-state index contributed by atoms with van der Waals surface area (Å²) in [6.07, 6.45) is 1.19. The number of pyridine rings is 1. The molecule has 4 heterocycles. The van der Waals surface area contributed by atoms with Gasteiger partial charge in [-0.15, -0.1) is 10.2 Å². The SMILES string of the molecule is CC(C)C(=O)N1CCN(c2cc(S(=O)(=O)NC3(CO)CC3)cn3c(-c4nnc(C(F)F)s4)ncc23)CC1. The molecule has 0 bridgehead atoms. The number of anilines is 1. The maximum atomic E-state index is 13.4. The van der Waals surface area contributed by atoms with Gasteiger partial charge in [0.05, 0.1) is 29.5 Å². The number of carbonyl (C=O) groups is 1. The fourth-order valence-corrected chi connectivity index (χ4v) is 6.51. The highest BCUT2D eigenvalue weighted by Crippen LogP contribution is 2.38. The number of nitrogens with one attached hydrogen (secondary N) is 1. The highest BCUT2D eigenvalue weighted by molar-refractivity contribution is 7.89. The van der Waals surface area contributed by atoms with E-state index in [2.05, 4.69) is 19.9 Å². The van der Waals surface area contributed by atoms with Crippen LogP contribution < -0.4 is 9.62 Å². The molecule has 5 rings (SSSR count). The summed E-state index contributed by atoms with van der Waals surface area (Å²) in [5, 5.41) is 16.7. The Hall–Kier alpha value is -2.75. The van der Waals surface area contributed by atoms with Crippen molar-refractivity contribution in [3.05, 3.63) is 23.5 Å². The minimum atomic E-state index is -4.04. The lowest BCUT2D eigenvalue weighted by molar-refractivity contribution is -0.134. The maximum absolute atomic E-state index is 13.4. The number of imidazole rings is 1. The molecule has 2 aliphatic rings. The maximum Gasteiger partial charge on any atom is 0.291 e. The van der Waals surface area contributed by atoms with Gasteiger partial charge in [0.15, 0.2) is 15.8 Å². The number of fused-ring (bicyclic) bond motifs is 1. The third kappa shape index (κ3) is 4.92. The molecule has 0 atom stereocenters. The van der Waals surface area contributed by atoms with Crippen LogP contribution in [0.25, 0.3) is 16.3 Å². The molecule has 0 radical (unpaired) electrons. The molecule has 0 aromatic carbocycles. The first-order valence-electron chi connectivity index (χ1n) is 11.9. The zero-order valence-electron chi connectivity index (χ0n) is 20.3. The Kier molecular flexibility index (Phi) is 6.66. The summed E-state index contributed by atoms with van der Waals surface area (Å²) >= 11 is 0.687. The third-order valence-corrected chi connectivity index (χ3v) is 9.13. The molecule has 11 nitrogen and oxygen atoms in total. The number of aliphatic hydroxyl groups excluding tert-OH is 1. The molecule has 200 valence electrons. The molecule has 2 fully saturated rings. The molecule has 0 spiro atoms. The van der Waals surface area contributed by atoms with E-state index in [1.165, 1.54) is 10.6 Å². The molecule has 1 saturated heterocycles. The van der Waals surface area contributed by atoms with E-state index in [0.29, 0.717) is 61.6 Å². The van der Waals surface area contributed by atoms with Crippen LogP contribution in [-0.4, -0.2) is 82.2 Å². The number of alkyl halides is 2. The van der Waals surface area contributed by atoms with Crippen molar-refractivity contribution in [3.8, 4) is 10.8 Å². The van der Waals surface area contributed by atoms with E-state index >= 15 is 0 Å². The van der Waals surface area contributed by atoms with E-state index in [9.17, 15) is 27.1 Å². The molecule has 1 aliphatic carbocycles. The second-order valence-electron chi connectivity index (χ2n) is 9.66. The number of hydrogen-bond acceptors (Lipinski definition) is 9. The fourth-order valence-electron chi connectivity index (χ4n) is 4.35. The summed E-state index contributed by atoms with van der Waals surface area (Å²) in [6.45, 7) is 5.27. The van der Waals surface area contributed by atoms with E-state index in [1.54, 1.807) is 17.2 Å². The highest BCUT2D eigenvalue weighted by Gasteiger charge is 2.46. The van der Waals surface area contributed by atoms with Crippen molar-refractivity contribution >= 4 is 38.5 Å². The molecule has 3 aromatic heterocycles. The number of halogens is 2. The van der Waals surface area contributed by atoms with Crippen molar-refractivity contribution in [2.24, 2.45) is 5.92 Å².